The first-order valence-electron chi connectivity index (χ1n) is 8.31. The Morgan fingerprint density at radius 3 is 2.65 bits per heavy atom. The van der Waals surface area contributed by atoms with Crippen LogP contribution in [-0.2, 0) is 0 Å². The molecule has 0 aliphatic heterocycles. The van der Waals surface area contributed by atoms with Crippen LogP contribution in [0.4, 0.5) is 5.69 Å². The van der Waals surface area contributed by atoms with Gasteiger partial charge in [0.2, 0.25) is 0 Å². The molecule has 0 radical (unpaired) electrons. The van der Waals surface area contributed by atoms with E-state index in [1.807, 2.05) is 43.1 Å². The first-order valence-corrected chi connectivity index (χ1v) is 8.31. The molecule has 0 fully saturated rings. The van der Waals surface area contributed by atoms with Gasteiger partial charge in [-0.15, -0.1) is 0 Å². The summed E-state index contributed by atoms with van der Waals surface area (Å²) in [6.45, 7) is 2.46. The lowest BCUT2D eigenvalue weighted by molar-refractivity contribution is -0.384. The molecule has 0 aliphatic rings. The van der Waals surface area contributed by atoms with Crippen LogP contribution in [0.2, 0.25) is 0 Å². The van der Waals surface area contributed by atoms with Gasteiger partial charge >= 0.3 is 0 Å². The number of likely N-dealkylation sites (N-methyl/N-ethyl adjacent to an activating group) is 1. The summed E-state index contributed by atoms with van der Waals surface area (Å²) in [6, 6.07) is 13.7. The average molecular weight is 360 g/mol. The van der Waals surface area contributed by atoms with Crippen molar-refractivity contribution in [3.8, 4) is 11.5 Å². The SMILES string of the molecule is COc1ccccc1C(C)N(C)CC(O)COc1cccc([N+](=O)[O-])c1. The van der Waals surface area contributed by atoms with E-state index in [4.69, 9.17) is 9.47 Å². The number of non-ortho nitro benzene ring substituents is 1. The van der Waals surface area contributed by atoms with Crippen LogP contribution in [-0.4, -0.2) is 48.3 Å². The fraction of sp³-hybridized carbons (Fsp3) is 0.368. The van der Waals surface area contributed by atoms with Crippen molar-refractivity contribution < 1.29 is 19.5 Å². The minimum atomic E-state index is -0.739. The van der Waals surface area contributed by atoms with Gasteiger partial charge in [0.25, 0.3) is 5.69 Å². The average Bonchev–Trinajstić information content (AvgIpc) is 2.65. The van der Waals surface area contributed by atoms with Crippen molar-refractivity contribution in [1.82, 2.24) is 4.90 Å². The Labute approximate surface area is 152 Å². The van der Waals surface area contributed by atoms with Crippen LogP contribution in [0, 0.1) is 10.1 Å². The van der Waals surface area contributed by atoms with Gasteiger partial charge in [-0.2, -0.15) is 0 Å². The van der Waals surface area contributed by atoms with Crippen LogP contribution in [0.25, 0.3) is 0 Å². The largest absolute Gasteiger partial charge is 0.496 e. The van der Waals surface area contributed by atoms with Crippen molar-refractivity contribution in [2.75, 3.05) is 27.3 Å². The summed E-state index contributed by atoms with van der Waals surface area (Å²) in [5.41, 5.74) is 0.989. The zero-order valence-electron chi connectivity index (χ0n) is 15.2. The number of para-hydroxylation sites is 1. The minimum absolute atomic E-state index is 0.0404. The topological polar surface area (TPSA) is 85.1 Å². The van der Waals surface area contributed by atoms with E-state index in [0.29, 0.717) is 12.3 Å². The van der Waals surface area contributed by atoms with Gasteiger partial charge in [-0.05, 0) is 26.1 Å². The molecule has 2 aromatic rings. The fourth-order valence-corrected chi connectivity index (χ4v) is 2.67. The molecule has 0 aromatic heterocycles. The molecular weight excluding hydrogens is 336 g/mol. The molecule has 7 nitrogen and oxygen atoms in total. The molecule has 7 heteroatoms. The normalized spacial score (nSPS) is 13.3. The van der Waals surface area contributed by atoms with E-state index in [1.54, 1.807) is 19.2 Å². The summed E-state index contributed by atoms with van der Waals surface area (Å²) in [5.74, 6) is 1.16. The van der Waals surface area contributed by atoms with Crippen molar-refractivity contribution in [2.45, 2.75) is 19.1 Å². The third-order valence-corrected chi connectivity index (χ3v) is 4.22. The number of hydrogen-bond donors (Lipinski definition) is 1. The van der Waals surface area contributed by atoms with Crippen molar-refractivity contribution in [3.63, 3.8) is 0 Å². The monoisotopic (exact) mass is 360 g/mol. The lowest BCUT2D eigenvalue weighted by Crippen LogP contribution is -2.34. The number of hydrogen-bond acceptors (Lipinski definition) is 6. The van der Waals surface area contributed by atoms with E-state index in [2.05, 4.69) is 0 Å². The highest BCUT2D eigenvalue weighted by atomic mass is 16.6. The predicted octanol–water partition coefficient (Wildman–Crippen LogP) is 3.04. The van der Waals surface area contributed by atoms with Gasteiger partial charge in [0.1, 0.15) is 24.2 Å². The third-order valence-electron chi connectivity index (χ3n) is 4.22. The zero-order chi connectivity index (χ0) is 19.1. The Hall–Kier alpha value is -2.64. The van der Waals surface area contributed by atoms with Crippen molar-refractivity contribution in [3.05, 3.63) is 64.2 Å². The Morgan fingerprint density at radius 2 is 1.96 bits per heavy atom. The molecule has 0 spiro atoms. The van der Waals surface area contributed by atoms with Crippen LogP contribution < -0.4 is 9.47 Å². The number of nitrogens with zero attached hydrogens (tertiary/aromatic N) is 2. The second kappa shape index (κ2) is 9.17. The van der Waals surface area contributed by atoms with Gasteiger partial charge in [0, 0.05) is 24.2 Å². The molecule has 2 aromatic carbocycles. The standard InChI is InChI=1S/C19H24N2O5/c1-14(18-9-4-5-10-19(18)25-3)20(2)12-16(22)13-26-17-8-6-7-15(11-17)21(23)24/h4-11,14,16,22H,12-13H2,1-3H3. The highest BCUT2D eigenvalue weighted by Gasteiger charge is 2.19. The number of ether oxygens (including phenoxy) is 2. The predicted molar refractivity (Wildman–Crippen MR) is 98.6 cm³/mol. The quantitative estimate of drug-likeness (QED) is 0.546. The van der Waals surface area contributed by atoms with E-state index in [1.165, 1.54) is 12.1 Å². The molecule has 1 N–H and O–H groups in total. The lowest BCUT2D eigenvalue weighted by Gasteiger charge is -2.28. The summed E-state index contributed by atoms with van der Waals surface area (Å²) in [4.78, 5) is 12.3. The van der Waals surface area contributed by atoms with E-state index >= 15 is 0 Å². The zero-order valence-corrected chi connectivity index (χ0v) is 15.2. The molecule has 2 atom stereocenters. The van der Waals surface area contributed by atoms with Crippen molar-refractivity contribution in [1.29, 1.82) is 0 Å². The number of nitro benzene ring substituents is 1. The number of rotatable bonds is 9. The third kappa shape index (κ3) is 5.18. The minimum Gasteiger partial charge on any atom is -0.496 e. The number of nitro groups is 1. The molecule has 2 rings (SSSR count). The van der Waals surface area contributed by atoms with Crippen molar-refractivity contribution in [2.24, 2.45) is 0 Å². The molecule has 140 valence electrons. The summed E-state index contributed by atoms with van der Waals surface area (Å²) < 4.78 is 10.9. The highest BCUT2D eigenvalue weighted by Crippen LogP contribution is 2.28. The van der Waals surface area contributed by atoms with E-state index in [0.717, 1.165) is 11.3 Å². The summed E-state index contributed by atoms with van der Waals surface area (Å²) >= 11 is 0. The highest BCUT2D eigenvalue weighted by molar-refractivity contribution is 5.38. The van der Waals surface area contributed by atoms with Crippen LogP contribution in [0.15, 0.2) is 48.5 Å². The Kier molecular flexibility index (Phi) is 6.94. The molecule has 2 unspecified atom stereocenters. The van der Waals surface area contributed by atoms with Crippen LogP contribution in [0.3, 0.4) is 0 Å². The number of aliphatic hydroxyl groups excluding tert-OH is 1. The summed E-state index contributed by atoms with van der Waals surface area (Å²) in [5, 5.41) is 21.0. The van der Waals surface area contributed by atoms with Gasteiger partial charge in [-0.1, -0.05) is 24.3 Å². The smallest absolute Gasteiger partial charge is 0.273 e. The van der Waals surface area contributed by atoms with E-state index in [9.17, 15) is 15.2 Å². The van der Waals surface area contributed by atoms with Gasteiger partial charge in [0.15, 0.2) is 0 Å². The van der Waals surface area contributed by atoms with Crippen molar-refractivity contribution >= 4 is 5.69 Å². The van der Waals surface area contributed by atoms with Crippen LogP contribution in [0.1, 0.15) is 18.5 Å². The Balaban J connectivity index is 1.91. The molecule has 0 amide bonds. The lowest BCUT2D eigenvalue weighted by atomic mass is 10.1. The maximum atomic E-state index is 10.8. The maximum Gasteiger partial charge on any atom is 0.273 e. The summed E-state index contributed by atoms with van der Waals surface area (Å²) in [6.07, 6.45) is -0.739. The summed E-state index contributed by atoms with van der Waals surface area (Å²) in [7, 11) is 3.54. The van der Waals surface area contributed by atoms with E-state index in [-0.39, 0.29) is 18.3 Å². The molecule has 0 saturated heterocycles. The molecular formula is C19H24N2O5. The first kappa shape index (κ1) is 19.7. The van der Waals surface area contributed by atoms with Crippen LogP contribution >= 0.6 is 0 Å². The molecule has 0 bridgehead atoms. The molecule has 0 aliphatic carbocycles. The second-order valence-corrected chi connectivity index (χ2v) is 6.08. The van der Waals surface area contributed by atoms with Crippen LogP contribution in [0.5, 0.6) is 11.5 Å². The second-order valence-electron chi connectivity index (χ2n) is 6.08. The van der Waals surface area contributed by atoms with Gasteiger partial charge in [-0.25, -0.2) is 0 Å². The number of aliphatic hydroxyl groups is 1. The Bertz CT molecular complexity index is 737. The molecule has 26 heavy (non-hydrogen) atoms. The maximum absolute atomic E-state index is 10.8. The molecule has 0 saturated carbocycles. The van der Waals surface area contributed by atoms with E-state index < -0.39 is 11.0 Å². The molecule has 0 heterocycles. The van der Waals surface area contributed by atoms with Gasteiger partial charge in [-0.3, -0.25) is 15.0 Å². The van der Waals surface area contributed by atoms with Gasteiger partial charge < -0.3 is 14.6 Å². The first-order chi connectivity index (χ1) is 12.4. The number of methoxy groups -OCH3 is 1. The van der Waals surface area contributed by atoms with Gasteiger partial charge in [0.05, 0.1) is 18.1 Å². The fourth-order valence-electron chi connectivity index (χ4n) is 2.67. The Morgan fingerprint density at radius 1 is 1.23 bits per heavy atom. The number of benzene rings is 2.